The fourth-order valence-corrected chi connectivity index (χ4v) is 10.7. The minimum absolute atomic E-state index is 0.00117. The maximum Gasteiger partial charge on any atom is 0.306 e. The molecule has 44 heavy (non-hydrogen) atoms. The normalized spacial score (nSPS) is 34.3. The van der Waals surface area contributed by atoms with Crippen molar-refractivity contribution in [1.82, 2.24) is 4.98 Å². The summed E-state index contributed by atoms with van der Waals surface area (Å²) in [4.78, 5) is 31.7. The molecule has 6 rings (SSSR count). The van der Waals surface area contributed by atoms with Crippen LogP contribution in [0.3, 0.4) is 0 Å². The van der Waals surface area contributed by atoms with Crippen molar-refractivity contribution in [3.8, 4) is 0 Å². The number of aliphatic carboxylic acids is 1. The summed E-state index contributed by atoms with van der Waals surface area (Å²) in [6.45, 7) is 15.9. The molecule has 1 N–H and O–H groups in total. The van der Waals surface area contributed by atoms with E-state index in [0.717, 1.165) is 80.0 Å². The van der Waals surface area contributed by atoms with Crippen LogP contribution in [-0.4, -0.2) is 21.8 Å². The largest absolute Gasteiger partial charge is 0.481 e. The minimum Gasteiger partial charge on any atom is -0.481 e. The number of allylic oxidation sites excluding steroid dienone is 5. The molecule has 2 fully saturated rings. The molecule has 1 aromatic carbocycles. The van der Waals surface area contributed by atoms with Crippen molar-refractivity contribution in [3.63, 3.8) is 0 Å². The van der Waals surface area contributed by atoms with Gasteiger partial charge in [0.25, 0.3) is 0 Å². The maximum absolute atomic E-state index is 14.1. The first kappa shape index (κ1) is 31.0. The van der Waals surface area contributed by atoms with Crippen LogP contribution in [0.2, 0.25) is 0 Å². The SMILES string of the molecule is CC(C)=CCC[C@H](C(=O)O)[C@@H]1CC[C@]2(C)C3=C(CC[C@@]12C)[C@@]1(C)C/C(=C\c2ccc4ccccc4n2)C(=O)C(C)(C)[C@@H]1CC3. The average Bonchev–Trinajstić information content (AvgIpc) is 3.24. The quantitative estimate of drug-likeness (QED) is 0.267. The number of benzene rings is 1. The Kier molecular flexibility index (Phi) is 7.61. The van der Waals surface area contributed by atoms with E-state index in [4.69, 9.17) is 4.98 Å². The van der Waals surface area contributed by atoms with Gasteiger partial charge in [0.05, 0.1) is 17.1 Å². The molecule has 2 saturated carbocycles. The van der Waals surface area contributed by atoms with Gasteiger partial charge in [0, 0.05) is 10.8 Å². The minimum atomic E-state index is -0.623. The number of fused-ring (bicyclic) bond motifs is 5. The molecule has 0 radical (unpaired) electrons. The molecule has 1 heterocycles. The highest BCUT2D eigenvalue weighted by Gasteiger charge is 2.64. The molecule has 234 valence electrons. The summed E-state index contributed by atoms with van der Waals surface area (Å²) in [6.07, 6.45) is 12.7. The lowest BCUT2D eigenvalue weighted by Crippen LogP contribution is -2.54. The Bertz CT molecular complexity index is 1610. The monoisotopic (exact) mass is 593 g/mol. The second-order valence-electron chi connectivity index (χ2n) is 16.0. The second kappa shape index (κ2) is 10.8. The van der Waals surface area contributed by atoms with Crippen LogP contribution < -0.4 is 0 Å². The van der Waals surface area contributed by atoms with E-state index < -0.39 is 11.4 Å². The van der Waals surface area contributed by atoms with Crippen molar-refractivity contribution < 1.29 is 14.7 Å². The lowest BCUT2D eigenvalue weighted by atomic mass is 9.43. The van der Waals surface area contributed by atoms with Crippen LogP contribution in [0, 0.1) is 39.4 Å². The number of rotatable bonds is 6. The third kappa shape index (κ3) is 4.65. The van der Waals surface area contributed by atoms with Crippen LogP contribution in [0.15, 0.2) is 64.8 Å². The number of Topliss-reactive ketones (excluding diaryl/α,β-unsaturated/α-hetero) is 1. The Morgan fingerprint density at radius 3 is 2.48 bits per heavy atom. The van der Waals surface area contributed by atoms with Crippen LogP contribution in [0.5, 0.6) is 0 Å². The van der Waals surface area contributed by atoms with E-state index >= 15 is 0 Å². The lowest BCUT2D eigenvalue weighted by Gasteiger charge is -2.61. The van der Waals surface area contributed by atoms with Crippen molar-refractivity contribution in [1.29, 1.82) is 0 Å². The zero-order valence-electron chi connectivity index (χ0n) is 27.9. The van der Waals surface area contributed by atoms with E-state index in [0.29, 0.717) is 5.92 Å². The summed E-state index contributed by atoms with van der Waals surface area (Å²) in [7, 11) is 0. The van der Waals surface area contributed by atoms with E-state index in [2.05, 4.69) is 72.8 Å². The Hall–Kier alpha value is -3.01. The third-order valence-electron chi connectivity index (χ3n) is 13.2. The first-order valence-electron chi connectivity index (χ1n) is 16.9. The second-order valence-corrected chi connectivity index (χ2v) is 16.0. The first-order chi connectivity index (χ1) is 20.7. The summed E-state index contributed by atoms with van der Waals surface area (Å²) >= 11 is 0. The number of hydrogen-bond donors (Lipinski definition) is 1. The summed E-state index contributed by atoms with van der Waals surface area (Å²) in [5.74, 6) is -0.172. The van der Waals surface area contributed by atoms with E-state index in [1.807, 2.05) is 24.3 Å². The topological polar surface area (TPSA) is 67.3 Å². The molecular weight excluding hydrogens is 542 g/mol. The molecule has 1 aromatic heterocycles. The number of pyridine rings is 1. The number of nitrogens with zero attached hydrogens (tertiary/aromatic N) is 1. The molecule has 4 aliphatic carbocycles. The molecule has 4 heteroatoms. The molecular formula is C40H51NO3. The molecule has 0 bridgehead atoms. The Balaban J connectivity index is 1.38. The predicted octanol–water partition coefficient (Wildman–Crippen LogP) is 9.99. The van der Waals surface area contributed by atoms with Gasteiger partial charge < -0.3 is 5.11 Å². The van der Waals surface area contributed by atoms with Gasteiger partial charge in [-0.15, -0.1) is 0 Å². The van der Waals surface area contributed by atoms with E-state index in [1.165, 1.54) is 5.57 Å². The number of carboxylic acids is 1. The number of hydrogen-bond acceptors (Lipinski definition) is 3. The molecule has 0 aliphatic heterocycles. The van der Waals surface area contributed by atoms with Crippen LogP contribution in [-0.2, 0) is 9.59 Å². The molecule has 2 aromatic rings. The number of carbonyl (C=O) groups is 2. The number of para-hydroxylation sites is 1. The van der Waals surface area contributed by atoms with Gasteiger partial charge in [-0.2, -0.15) is 0 Å². The van der Waals surface area contributed by atoms with Crippen molar-refractivity contribution >= 4 is 28.7 Å². The maximum atomic E-state index is 14.1. The van der Waals surface area contributed by atoms with Crippen molar-refractivity contribution in [2.24, 2.45) is 39.4 Å². The highest BCUT2D eigenvalue weighted by Crippen LogP contribution is 2.72. The van der Waals surface area contributed by atoms with E-state index in [9.17, 15) is 14.7 Å². The van der Waals surface area contributed by atoms with Gasteiger partial charge in [0.2, 0.25) is 0 Å². The smallest absolute Gasteiger partial charge is 0.306 e. The van der Waals surface area contributed by atoms with Crippen LogP contribution in [0.1, 0.15) is 112 Å². The van der Waals surface area contributed by atoms with Crippen molar-refractivity contribution in [3.05, 3.63) is 70.5 Å². The average molecular weight is 594 g/mol. The highest BCUT2D eigenvalue weighted by molar-refractivity contribution is 6.04. The number of carbonyl (C=O) groups excluding carboxylic acids is 1. The molecule has 6 atom stereocenters. The predicted molar refractivity (Wildman–Crippen MR) is 179 cm³/mol. The molecule has 4 aliphatic rings. The van der Waals surface area contributed by atoms with Gasteiger partial charge in [0.1, 0.15) is 0 Å². The van der Waals surface area contributed by atoms with E-state index in [1.54, 1.807) is 11.1 Å². The fraction of sp³-hybridized carbons (Fsp3) is 0.575. The number of ketones is 1. The molecule has 0 unspecified atom stereocenters. The summed E-state index contributed by atoms with van der Waals surface area (Å²) < 4.78 is 0. The van der Waals surface area contributed by atoms with Gasteiger partial charge in [-0.3, -0.25) is 9.59 Å². The molecule has 0 amide bonds. The zero-order chi connectivity index (χ0) is 31.7. The summed E-state index contributed by atoms with van der Waals surface area (Å²) in [5.41, 5.74) is 6.58. The third-order valence-corrected chi connectivity index (χ3v) is 13.2. The van der Waals surface area contributed by atoms with Gasteiger partial charge >= 0.3 is 5.97 Å². The number of aromatic nitrogens is 1. The van der Waals surface area contributed by atoms with Crippen LogP contribution in [0.4, 0.5) is 0 Å². The molecule has 4 nitrogen and oxygen atoms in total. The lowest BCUT2D eigenvalue weighted by molar-refractivity contribution is -0.146. The standard InChI is InChI=1S/C40H51NO3/c1-25(2)11-10-13-29(36(43)44)30-19-21-40(7)32-17-18-34-37(3,4)35(42)27(24-38(34,5)31(32)20-22-39(30,40)6)23-28-16-15-26-12-8-9-14-33(26)41-28/h8-9,11-12,14-16,23,29-30,34H,10,13,17-22,24H2,1-7H3,(H,43,44)/b27-23+/t29-,30-,34-,38+,39-,40+/m0/s1. The van der Waals surface area contributed by atoms with Crippen LogP contribution >= 0.6 is 0 Å². The fourth-order valence-electron chi connectivity index (χ4n) is 10.7. The van der Waals surface area contributed by atoms with Crippen molar-refractivity contribution in [2.45, 2.75) is 106 Å². The zero-order valence-corrected chi connectivity index (χ0v) is 27.9. The van der Waals surface area contributed by atoms with Gasteiger partial charge in [0.15, 0.2) is 5.78 Å². The molecule has 0 saturated heterocycles. The molecule has 0 spiro atoms. The van der Waals surface area contributed by atoms with E-state index in [-0.39, 0.29) is 33.9 Å². The number of carboxylic acid groups (broad SMARTS) is 1. The van der Waals surface area contributed by atoms with Gasteiger partial charge in [-0.1, -0.05) is 81.7 Å². The Morgan fingerprint density at radius 1 is 1.00 bits per heavy atom. The highest BCUT2D eigenvalue weighted by atomic mass is 16.4. The summed E-state index contributed by atoms with van der Waals surface area (Å²) in [6, 6.07) is 12.3. The first-order valence-corrected chi connectivity index (χ1v) is 16.9. The van der Waals surface area contributed by atoms with Gasteiger partial charge in [-0.05, 0) is 123 Å². The summed E-state index contributed by atoms with van der Waals surface area (Å²) in [5, 5.41) is 11.5. The van der Waals surface area contributed by atoms with Gasteiger partial charge in [-0.25, -0.2) is 4.98 Å². The Morgan fingerprint density at radius 2 is 1.75 bits per heavy atom. The Labute approximate surface area is 264 Å². The van der Waals surface area contributed by atoms with Crippen LogP contribution in [0.25, 0.3) is 17.0 Å². The van der Waals surface area contributed by atoms with Crippen molar-refractivity contribution in [2.75, 3.05) is 0 Å².